The van der Waals surface area contributed by atoms with Crippen molar-refractivity contribution in [2.24, 2.45) is 0 Å². The van der Waals surface area contributed by atoms with Crippen molar-refractivity contribution in [3.05, 3.63) is 47.0 Å². The Morgan fingerprint density at radius 2 is 2.05 bits per heavy atom. The third-order valence-corrected chi connectivity index (χ3v) is 4.70. The Hall–Kier alpha value is -1.28. The Balaban J connectivity index is 1.96. The van der Waals surface area contributed by atoms with Gasteiger partial charge in [-0.05, 0) is 43.0 Å². The SMILES string of the molecule is CCc1cc(-n2ccnc2C2CCCCC2)ccc1Cl. The van der Waals surface area contributed by atoms with Crippen LogP contribution in [0.25, 0.3) is 5.69 Å². The van der Waals surface area contributed by atoms with E-state index < -0.39 is 0 Å². The molecule has 0 atom stereocenters. The van der Waals surface area contributed by atoms with E-state index in [-0.39, 0.29) is 0 Å². The maximum Gasteiger partial charge on any atom is 0.116 e. The zero-order chi connectivity index (χ0) is 13.9. The molecule has 1 aliphatic rings. The molecule has 3 heteroatoms. The molecule has 0 unspecified atom stereocenters. The van der Waals surface area contributed by atoms with Crippen molar-refractivity contribution in [3.8, 4) is 5.69 Å². The Morgan fingerprint density at radius 1 is 1.25 bits per heavy atom. The lowest BCUT2D eigenvalue weighted by atomic mass is 9.88. The molecule has 1 fully saturated rings. The molecule has 0 spiro atoms. The van der Waals surface area contributed by atoms with Crippen LogP contribution < -0.4 is 0 Å². The lowest BCUT2D eigenvalue weighted by Crippen LogP contribution is -2.11. The van der Waals surface area contributed by atoms with Crippen molar-refractivity contribution in [1.82, 2.24) is 9.55 Å². The number of hydrogen-bond acceptors (Lipinski definition) is 1. The lowest BCUT2D eigenvalue weighted by molar-refractivity contribution is 0.425. The number of halogens is 1. The monoisotopic (exact) mass is 288 g/mol. The maximum absolute atomic E-state index is 6.22. The number of aryl methyl sites for hydroxylation is 1. The van der Waals surface area contributed by atoms with Gasteiger partial charge in [0.25, 0.3) is 0 Å². The Labute approximate surface area is 125 Å². The van der Waals surface area contributed by atoms with Gasteiger partial charge in [-0.25, -0.2) is 4.98 Å². The fourth-order valence-corrected chi connectivity index (χ4v) is 3.43. The fraction of sp³-hybridized carbons (Fsp3) is 0.471. The van der Waals surface area contributed by atoms with Crippen LogP contribution in [-0.4, -0.2) is 9.55 Å². The summed E-state index contributed by atoms with van der Waals surface area (Å²) in [5, 5.41) is 0.857. The molecule has 1 saturated carbocycles. The number of imidazole rings is 1. The first kappa shape index (κ1) is 13.7. The summed E-state index contributed by atoms with van der Waals surface area (Å²) in [7, 11) is 0. The van der Waals surface area contributed by atoms with E-state index in [1.54, 1.807) is 0 Å². The van der Waals surface area contributed by atoms with Gasteiger partial charge in [0.2, 0.25) is 0 Å². The number of hydrogen-bond donors (Lipinski definition) is 0. The second kappa shape index (κ2) is 6.01. The van der Waals surface area contributed by atoms with Gasteiger partial charge in [-0.2, -0.15) is 0 Å². The van der Waals surface area contributed by atoms with E-state index in [9.17, 15) is 0 Å². The average Bonchev–Trinajstić information content (AvgIpc) is 2.98. The summed E-state index contributed by atoms with van der Waals surface area (Å²) >= 11 is 6.22. The number of aromatic nitrogens is 2. The first-order chi connectivity index (χ1) is 9.79. The first-order valence-electron chi connectivity index (χ1n) is 7.61. The summed E-state index contributed by atoms with van der Waals surface area (Å²) in [5.41, 5.74) is 2.39. The van der Waals surface area contributed by atoms with Crippen LogP contribution in [0.4, 0.5) is 0 Å². The van der Waals surface area contributed by atoms with Crippen LogP contribution in [0.5, 0.6) is 0 Å². The topological polar surface area (TPSA) is 17.8 Å². The zero-order valence-corrected chi connectivity index (χ0v) is 12.7. The molecule has 2 nitrogen and oxygen atoms in total. The second-order valence-electron chi connectivity index (χ2n) is 5.62. The summed E-state index contributed by atoms with van der Waals surface area (Å²) in [5.74, 6) is 1.83. The summed E-state index contributed by atoms with van der Waals surface area (Å²) in [6.07, 6.45) is 11.5. The van der Waals surface area contributed by atoms with Crippen LogP contribution >= 0.6 is 11.6 Å². The van der Waals surface area contributed by atoms with Crippen molar-refractivity contribution in [2.45, 2.75) is 51.4 Å². The number of rotatable bonds is 3. The van der Waals surface area contributed by atoms with Crippen LogP contribution in [0, 0.1) is 0 Å². The van der Waals surface area contributed by atoms with Crippen molar-refractivity contribution in [2.75, 3.05) is 0 Å². The number of benzene rings is 1. The average molecular weight is 289 g/mol. The minimum absolute atomic E-state index is 0.611. The smallest absolute Gasteiger partial charge is 0.116 e. The van der Waals surface area contributed by atoms with Gasteiger partial charge in [-0.3, -0.25) is 0 Å². The summed E-state index contributed by atoms with van der Waals surface area (Å²) in [6, 6.07) is 6.28. The van der Waals surface area contributed by atoms with Gasteiger partial charge in [-0.15, -0.1) is 0 Å². The van der Waals surface area contributed by atoms with Gasteiger partial charge in [0.05, 0.1) is 0 Å². The Kier molecular flexibility index (Phi) is 4.11. The molecule has 0 bridgehead atoms. The van der Waals surface area contributed by atoms with E-state index >= 15 is 0 Å². The van der Waals surface area contributed by atoms with Gasteiger partial charge >= 0.3 is 0 Å². The maximum atomic E-state index is 6.22. The highest BCUT2D eigenvalue weighted by Crippen LogP contribution is 2.33. The predicted molar refractivity (Wildman–Crippen MR) is 83.8 cm³/mol. The molecule has 0 radical (unpaired) electrons. The molecule has 20 heavy (non-hydrogen) atoms. The molecule has 1 aliphatic carbocycles. The molecule has 0 saturated heterocycles. The normalized spacial score (nSPS) is 16.5. The van der Waals surface area contributed by atoms with E-state index in [1.807, 2.05) is 12.3 Å². The van der Waals surface area contributed by atoms with Gasteiger partial charge in [0.1, 0.15) is 5.82 Å². The van der Waals surface area contributed by atoms with Gasteiger partial charge < -0.3 is 4.57 Å². The minimum Gasteiger partial charge on any atom is -0.304 e. The predicted octanol–water partition coefficient (Wildman–Crippen LogP) is 5.14. The van der Waals surface area contributed by atoms with E-state index in [1.165, 1.54) is 49.2 Å². The molecule has 1 heterocycles. The molecule has 0 aliphatic heterocycles. The molecule has 3 rings (SSSR count). The third-order valence-electron chi connectivity index (χ3n) is 4.33. The summed E-state index contributed by atoms with van der Waals surface area (Å²) in [4.78, 5) is 4.62. The quantitative estimate of drug-likeness (QED) is 0.765. The molecule has 2 aromatic rings. The van der Waals surface area contributed by atoms with Crippen molar-refractivity contribution in [3.63, 3.8) is 0 Å². The van der Waals surface area contributed by atoms with Gasteiger partial charge in [-0.1, -0.05) is 37.8 Å². The highest BCUT2D eigenvalue weighted by Gasteiger charge is 2.20. The Bertz CT molecular complexity index is 582. The number of nitrogens with zero attached hydrogens (tertiary/aromatic N) is 2. The van der Waals surface area contributed by atoms with Crippen molar-refractivity contribution in [1.29, 1.82) is 0 Å². The standard InChI is InChI=1S/C17H21ClN2/c1-2-13-12-15(8-9-16(13)18)20-11-10-19-17(20)14-6-4-3-5-7-14/h8-12,14H,2-7H2,1H3. The molecule has 0 N–H and O–H groups in total. The molecule has 106 valence electrons. The highest BCUT2D eigenvalue weighted by molar-refractivity contribution is 6.31. The highest BCUT2D eigenvalue weighted by atomic mass is 35.5. The fourth-order valence-electron chi connectivity index (χ4n) is 3.18. The zero-order valence-electron chi connectivity index (χ0n) is 12.0. The second-order valence-corrected chi connectivity index (χ2v) is 6.03. The molecule has 1 aromatic carbocycles. The van der Waals surface area contributed by atoms with Crippen molar-refractivity contribution < 1.29 is 0 Å². The van der Waals surface area contributed by atoms with Gasteiger partial charge in [0.15, 0.2) is 0 Å². The van der Waals surface area contributed by atoms with Crippen molar-refractivity contribution >= 4 is 11.6 Å². The van der Waals surface area contributed by atoms with E-state index in [0.717, 1.165) is 11.4 Å². The van der Waals surface area contributed by atoms with E-state index in [0.29, 0.717) is 5.92 Å². The van der Waals surface area contributed by atoms with Crippen LogP contribution in [0.3, 0.4) is 0 Å². The molecular formula is C17H21ClN2. The van der Waals surface area contributed by atoms with Crippen LogP contribution in [0.15, 0.2) is 30.6 Å². The van der Waals surface area contributed by atoms with Gasteiger partial charge in [0, 0.05) is 29.0 Å². The van der Waals surface area contributed by atoms with Crippen LogP contribution in [-0.2, 0) is 6.42 Å². The molecule has 0 amide bonds. The molecule has 1 aromatic heterocycles. The largest absolute Gasteiger partial charge is 0.304 e. The summed E-state index contributed by atoms with van der Waals surface area (Å²) < 4.78 is 2.24. The minimum atomic E-state index is 0.611. The van der Waals surface area contributed by atoms with E-state index in [2.05, 4.69) is 34.8 Å². The lowest BCUT2D eigenvalue weighted by Gasteiger charge is -2.22. The first-order valence-corrected chi connectivity index (χ1v) is 7.99. The molecular weight excluding hydrogens is 268 g/mol. The van der Waals surface area contributed by atoms with Crippen LogP contribution in [0.2, 0.25) is 5.02 Å². The third kappa shape index (κ3) is 2.62. The van der Waals surface area contributed by atoms with Crippen LogP contribution in [0.1, 0.15) is 56.3 Å². The summed E-state index contributed by atoms with van der Waals surface area (Å²) in [6.45, 7) is 2.14. The van der Waals surface area contributed by atoms with E-state index in [4.69, 9.17) is 11.6 Å². The Morgan fingerprint density at radius 3 is 2.80 bits per heavy atom.